The third kappa shape index (κ3) is 3.76. The number of aliphatic hydroxyl groups is 1. The van der Waals surface area contributed by atoms with Crippen LogP contribution in [0.4, 0.5) is 0 Å². The van der Waals surface area contributed by atoms with Crippen molar-refractivity contribution in [3.05, 3.63) is 23.3 Å². The van der Waals surface area contributed by atoms with Crippen molar-refractivity contribution < 1.29 is 5.11 Å². The van der Waals surface area contributed by atoms with E-state index in [0.29, 0.717) is 10.8 Å². The zero-order valence-electron chi connectivity index (χ0n) is 20.7. The number of aliphatic hydroxyl groups excluding tert-OH is 1. The number of fused-ring (bicyclic) bond motifs is 5. The largest absolute Gasteiger partial charge is 0.393 e. The molecule has 0 saturated heterocycles. The Morgan fingerprint density at radius 3 is 2.57 bits per heavy atom. The lowest BCUT2D eigenvalue weighted by Crippen LogP contribution is -2.50. The SMILES string of the molecule is CC/C(=C\[C@@H](C)[C@H]1CC[C@H]2[C@@H]3CC=C4C[C@@H](O)CC[C@]4(C)[C@H]3CC[C@]12C)CC(C)C. The Bertz CT molecular complexity index is 686. The maximum absolute atomic E-state index is 10.2. The van der Waals surface area contributed by atoms with Crippen LogP contribution in [0.5, 0.6) is 0 Å². The van der Waals surface area contributed by atoms with Gasteiger partial charge in [0.05, 0.1) is 6.10 Å². The van der Waals surface area contributed by atoms with Crippen LogP contribution in [0, 0.1) is 46.3 Å². The fourth-order valence-electron chi connectivity index (χ4n) is 8.89. The van der Waals surface area contributed by atoms with Crippen LogP contribution in [0.25, 0.3) is 0 Å². The zero-order chi connectivity index (χ0) is 21.7. The molecule has 1 nitrogen and oxygen atoms in total. The summed E-state index contributed by atoms with van der Waals surface area (Å²) in [5.41, 5.74) is 4.21. The third-order valence-corrected chi connectivity index (χ3v) is 10.4. The molecule has 0 unspecified atom stereocenters. The lowest BCUT2D eigenvalue weighted by atomic mass is 9.47. The molecule has 8 atom stereocenters. The molecule has 0 aromatic heterocycles. The molecular weight excluding hydrogens is 364 g/mol. The van der Waals surface area contributed by atoms with Crippen LogP contribution in [0.3, 0.4) is 0 Å². The van der Waals surface area contributed by atoms with Gasteiger partial charge in [0, 0.05) is 0 Å². The summed E-state index contributed by atoms with van der Waals surface area (Å²) in [7, 11) is 0. The zero-order valence-corrected chi connectivity index (χ0v) is 20.7. The first kappa shape index (κ1) is 22.6. The molecule has 3 saturated carbocycles. The lowest BCUT2D eigenvalue weighted by Gasteiger charge is -2.58. The minimum atomic E-state index is -0.0863. The van der Waals surface area contributed by atoms with Crippen LogP contribution < -0.4 is 0 Å². The van der Waals surface area contributed by atoms with Crippen molar-refractivity contribution >= 4 is 0 Å². The molecule has 4 rings (SSSR count). The third-order valence-electron chi connectivity index (χ3n) is 10.4. The summed E-state index contributed by atoms with van der Waals surface area (Å²) in [6.07, 6.45) is 17.9. The summed E-state index contributed by atoms with van der Waals surface area (Å²) in [6.45, 7) is 14.8. The van der Waals surface area contributed by atoms with Crippen molar-refractivity contribution in [2.75, 3.05) is 0 Å². The normalized spacial score (nSPS) is 44.9. The summed E-state index contributed by atoms with van der Waals surface area (Å²) >= 11 is 0. The topological polar surface area (TPSA) is 20.2 Å². The molecule has 3 fully saturated rings. The summed E-state index contributed by atoms with van der Waals surface area (Å²) in [6, 6.07) is 0. The van der Waals surface area contributed by atoms with Crippen molar-refractivity contribution in [3.63, 3.8) is 0 Å². The van der Waals surface area contributed by atoms with Gasteiger partial charge in [0.15, 0.2) is 0 Å². The van der Waals surface area contributed by atoms with Crippen molar-refractivity contribution in [1.29, 1.82) is 0 Å². The van der Waals surface area contributed by atoms with Crippen LogP contribution in [0.2, 0.25) is 0 Å². The molecule has 4 aliphatic carbocycles. The minimum absolute atomic E-state index is 0.0863. The number of hydrogen-bond donors (Lipinski definition) is 1. The van der Waals surface area contributed by atoms with Gasteiger partial charge in [-0.1, -0.05) is 64.8 Å². The monoisotopic (exact) mass is 412 g/mol. The molecule has 0 aromatic carbocycles. The first-order valence-electron chi connectivity index (χ1n) is 13.3. The van der Waals surface area contributed by atoms with E-state index in [4.69, 9.17) is 0 Å². The molecule has 4 aliphatic rings. The van der Waals surface area contributed by atoms with Gasteiger partial charge in [0.1, 0.15) is 0 Å². The van der Waals surface area contributed by atoms with Crippen LogP contribution in [-0.4, -0.2) is 11.2 Å². The Morgan fingerprint density at radius 2 is 1.87 bits per heavy atom. The standard InChI is InChI=1S/C29H48O/c1-7-21(16-19(2)3)17-20(4)25-10-11-26-24-9-8-22-18-23(30)12-14-28(22,5)27(24)13-15-29(25,26)6/h8,17,19-20,23-27,30H,7,9-16,18H2,1-6H3/b21-17+/t20-,23+,24+,25-,26+,27+,28+,29-/m1/s1. The number of hydrogen-bond acceptors (Lipinski definition) is 1. The van der Waals surface area contributed by atoms with E-state index in [-0.39, 0.29) is 6.10 Å². The van der Waals surface area contributed by atoms with Gasteiger partial charge in [-0.15, -0.1) is 0 Å². The molecule has 1 N–H and O–H groups in total. The average Bonchev–Trinajstić information content (AvgIpc) is 3.05. The van der Waals surface area contributed by atoms with Gasteiger partial charge in [0.2, 0.25) is 0 Å². The van der Waals surface area contributed by atoms with E-state index in [2.05, 4.69) is 53.7 Å². The molecule has 0 aliphatic heterocycles. The molecule has 0 aromatic rings. The highest BCUT2D eigenvalue weighted by molar-refractivity contribution is 5.25. The maximum Gasteiger partial charge on any atom is 0.0577 e. The smallest absolute Gasteiger partial charge is 0.0577 e. The van der Waals surface area contributed by atoms with Crippen LogP contribution in [0.1, 0.15) is 106 Å². The summed E-state index contributed by atoms with van der Waals surface area (Å²) in [5.74, 6) is 5.01. The van der Waals surface area contributed by atoms with Crippen molar-refractivity contribution in [3.8, 4) is 0 Å². The first-order chi connectivity index (χ1) is 14.2. The summed E-state index contributed by atoms with van der Waals surface area (Å²) < 4.78 is 0. The second-order valence-electron chi connectivity index (χ2n) is 12.5. The van der Waals surface area contributed by atoms with Crippen molar-refractivity contribution in [2.24, 2.45) is 46.3 Å². The average molecular weight is 413 g/mol. The van der Waals surface area contributed by atoms with Crippen molar-refractivity contribution in [2.45, 2.75) is 112 Å². The number of allylic oxidation sites excluding steroid dienone is 3. The molecule has 0 amide bonds. The van der Waals surface area contributed by atoms with Gasteiger partial charge in [-0.2, -0.15) is 0 Å². The van der Waals surface area contributed by atoms with E-state index in [1.54, 1.807) is 11.1 Å². The predicted molar refractivity (Wildman–Crippen MR) is 128 cm³/mol. The highest BCUT2D eigenvalue weighted by Gasteiger charge is 2.58. The molecule has 0 bridgehead atoms. The van der Waals surface area contributed by atoms with E-state index in [0.717, 1.165) is 48.3 Å². The predicted octanol–water partition coefficient (Wildman–Crippen LogP) is 7.94. The second-order valence-corrected chi connectivity index (χ2v) is 12.5. The lowest BCUT2D eigenvalue weighted by molar-refractivity contribution is -0.0541. The van der Waals surface area contributed by atoms with Crippen LogP contribution in [0.15, 0.2) is 23.3 Å². The second kappa shape index (κ2) is 8.42. The summed E-state index contributed by atoms with van der Waals surface area (Å²) in [5, 5.41) is 10.2. The molecule has 1 heteroatoms. The minimum Gasteiger partial charge on any atom is -0.393 e. The van der Waals surface area contributed by atoms with Crippen LogP contribution in [-0.2, 0) is 0 Å². The molecule has 170 valence electrons. The van der Waals surface area contributed by atoms with Gasteiger partial charge in [-0.05, 0) is 111 Å². The Labute approximate surface area is 186 Å². The molecule has 0 radical (unpaired) electrons. The van der Waals surface area contributed by atoms with Crippen molar-refractivity contribution in [1.82, 2.24) is 0 Å². The van der Waals surface area contributed by atoms with E-state index in [1.807, 2.05) is 0 Å². The Balaban J connectivity index is 1.55. The quantitative estimate of drug-likeness (QED) is 0.454. The molecule has 0 heterocycles. The van der Waals surface area contributed by atoms with Gasteiger partial charge >= 0.3 is 0 Å². The van der Waals surface area contributed by atoms with Crippen LogP contribution >= 0.6 is 0 Å². The Morgan fingerprint density at radius 1 is 1.10 bits per heavy atom. The molecule has 30 heavy (non-hydrogen) atoms. The van der Waals surface area contributed by atoms with E-state index in [1.165, 1.54) is 51.4 Å². The van der Waals surface area contributed by atoms with E-state index in [9.17, 15) is 5.11 Å². The fraction of sp³-hybridized carbons (Fsp3) is 0.862. The van der Waals surface area contributed by atoms with Gasteiger partial charge < -0.3 is 5.11 Å². The Hall–Kier alpha value is -0.560. The highest BCUT2D eigenvalue weighted by atomic mass is 16.3. The van der Waals surface area contributed by atoms with Gasteiger partial charge in [-0.3, -0.25) is 0 Å². The van der Waals surface area contributed by atoms with E-state index >= 15 is 0 Å². The molecule has 0 spiro atoms. The van der Waals surface area contributed by atoms with Gasteiger partial charge in [-0.25, -0.2) is 0 Å². The number of rotatable bonds is 5. The fourth-order valence-corrected chi connectivity index (χ4v) is 8.89. The van der Waals surface area contributed by atoms with E-state index < -0.39 is 0 Å². The highest BCUT2D eigenvalue weighted by Crippen LogP contribution is 2.67. The van der Waals surface area contributed by atoms with Gasteiger partial charge in [0.25, 0.3) is 0 Å². The maximum atomic E-state index is 10.2. The molecular formula is C29H48O. The first-order valence-corrected chi connectivity index (χ1v) is 13.3. The Kier molecular flexibility index (Phi) is 6.35. The summed E-state index contributed by atoms with van der Waals surface area (Å²) in [4.78, 5) is 0.